The van der Waals surface area contributed by atoms with E-state index in [4.69, 9.17) is 13.9 Å². The molecule has 0 fully saturated rings. The van der Waals surface area contributed by atoms with Gasteiger partial charge in [-0.25, -0.2) is 0 Å². The van der Waals surface area contributed by atoms with Crippen LogP contribution >= 0.6 is 0 Å². The highest BCUT2D eigenvalue weighted by atomic mass is 16.5. The van der Waals surface area contributed by atoms with Gasteiger partial charge in [-0.3, -0.25) is 14.6 Å². The summed E-state index contributed by atoms with van der Waals surface area (Å²) in [6, 6.07) is 17.7. The number of nitrogens with one attached hydrogen (secondary N) is 2. The lowest BCUT2D eigenvalue weighted by Gasteiger charge is -2.10. The smallest absolute Gasteiger partial charge is 0.293 e. The summed E-state index contributed by atoms with van der Waals surface area (Å²) in [4.78, 5) is 29.8. The molecule has 2 amide bonds. The number of anilines is 2. The molecule has 32 heavy (non-hydrogen) atoms. The first-order valence-electron chi connectivity index (χ1n) is 9.86. The van der Waals surface area contributed by atoms with Crippen LogP contribution in [0.25, 0.3) is 11.1 Å². The van der Waals surface area contributed by atoms with Gasteiger partial charge < -0.3 is 24.5 Å². The molecule has 0 saturated carbocycles. The van der Waals surface area contributed by atoms with Gasteiger partial charge >= 0.3 is 0 Å². The lowest BCUT2D eigenvalue weighted by molar-refractivity contribution is -0.118. The van der Waals surface area contributed by atoms with E-state index < -0.39 is 11.8 Å². The Kier molecular flexibility index (Phi) is 6.03. The topological polar surface area (TPSA) is 103 Å². The summed E-state index contributed by atoms with van der Waals surface area (Å²) < 4.78 is 16.5. The standard InChI is InChI=1S/C24H21N3O5/c1-15-9-11-16(12-10-15)31-14-20(28)27-22-21-19(8-5-13-25-21)32-23(22)24(29)26-17-6-3-4-7-18(17)30-2/h3-13H,14H2,1-2H3,(H,26,29)(H,27,28). The first-order chi connectivity index (χ1) is 15.5. The Hall–Kier alpha value is -4.33. The molecule has 0 spiro atoms. The summed E-state index contributed by atoms with van der Waals surface area (Å²) in [6.45, 7) is 1.72. The number of aromatic nitrogens is 1. The van der Waals surface area contributed by atoms with Crippen LogP contribution in [0, 0.1) is 6.92 Å². The predicted octanol–water partition coefficient (Wildman–Crippen LogP) is 4.41. The van der Waals surface area contributed by atoms with E-state index in [1.54, 1.807) is 54.7 Å². The third-order valence-corrected chi connectivity index (χ3v) is 4.66. The average Bonchev–Trinajstić information content (AvgIpc) is 3.17. The Morgan fingerprint density at radius 1 is 1.00 bits per heavy atom. The van der Waals surface area contributed by atoms with Crippen LogP contribution in [0.5, 0.6) is 11.5 Å². The van der Waals surface area contributed by atoms with Crippen molar-refractivity contribution in [3.63, 3.8) is 0 Å². The molecule has 2 heterocycles. The highest BCUT2D eigenvalue weighted by Gasteiger charge is 2.24. The van der Waals surface area contributed by atoms with Crippen molar-refractivity contribution >= 4 is 34.3 Å². The summed E-state index contributed by atoms with van der Waals surface area (Å²) in [7, 11) is 1.51. The van der Waals surface area contributed by atoms with Gasteiger partial charge in [0, 0.05) is 6.20 Å². The van der Waals surface area contributed by atoms with Crippen molar-refractivity contribution in [1.29, 1.82) is 0 Å². The fourth-order valence-electron chi connectivity index (χ4n) is 3.09. The lowest BCUT2D eigenvalue weighted by Crippen LogP contribution is -2.22. The molecule has 162 valence electrons. The Morgan fingerprint density at radius 3 is 2.56 bits per heavy atom. The maximum absolute atomic E-state index is 13.0. The molecule has 0 unspecified atom stereocenters. The number of furan rings is 1. The van der Waals surface area contributed by atoms with Gasteiger partial charge in [-0.2, -0.15) is 0 Å². The predicted molar refractivity (Wildman–Crippen MR) is 120 cm³/mol. The van der Waals surface area contributed by atoms with Crippen LogP contribution < -0.4 is 20.1 Å². The van der Waals surface area contributed by atoms with E-state index in [0.717, 1.165) is 5.56 Å². The summed E-state index contributed by atoms with van der Waals surface area (Å²) in [5.41, 5.74) is 2.45. The minimum Gasteiger partial charge on any atom is -0.495 e. The van der Waals surface area contributed by atoms with Crippen molar-refractivity contribution in [2.75, 3.05) is 24.4 Å². The number of ether oxygens (including phenoxy) is 2. The number of benzene rings is 2. The number of pyridine rings is 1. The third-order valence-electron chi connectivity index (χ3n) is 4.66. The molecule has 2 aromatic carbocycles. The molecule has 0 radical (unpaired) electrons. The van der Waals surface area contributed by atoms with E-state index in [-0.39, 0.29) is 18.1 Å². The van der Waals surface area contributed by atoms with E-state index in [2.05, 4.69) is 15.6 Å². The van der Waals surface area contributed by atoms with Gasteiger partial charge in [0.25, 0.3) is 11.8 Å². The molecular formula is C24H21N3O5. The second kappa shape index (κ2) is 9.22. The van der Waals surface area contributed by atoms with Gasteiger partial charge in [0.2, 0.25) is 5.76 Å². The van der Waals surface area contributed by atoms with E-state index in [1.165, 1.54) is 7.11 Å². The minimum atomic E-state index is -0.553. The largest absolute Gasteiger partial charge is 0.495 e. The average molecular weight is 431 g/mol. The Labute approximate surface area is 184 Å². The number of aryl methyl sites for hydroxylation is 1. The summed E-state index contributed by atoms with van der Waals surface area (Å²) >= 11 is 0. The maximum Gasteiger partial charge on any atom is 0.293 e. The number of carbonyl (C=O) groups is 2. The summed E-state index contributed by atoms with van der Waals surface area (Å²) in [5.74, 6) is -0.0250. The number of methoxy groups -OCH3 is 1. The van der Waals surface area contributed by atoms with Gasteiger partial charge in [0.15, 0.2) is 12.2 Å². The van der Waals surface area contributed by atoms with Crippen molar-refractivity contribution in [2.45, 2.75) is 6.92 Å². The van der Waals surface area contributed by atoms with Crippen molar-refractivity contribution < 1.29 is 23.5 Å². The Bertz CT molecular complexity index is 1260. The van der Waals surface area contributed by atoms with Crippen LogP contribution in [0.15, 0.2) is 71.3 Å². The molecule has 0 bridgehead atoms. The van der Waals surface area contributed by atoms with Crippen molar-refractivity contribution in [3.8, 4) is 11.5 Å². The molecule has 0 aliphatic heterocycles. The van der Waals surface area contributed by atoms with Crippen molar-refractivity contribution in [1.82, 2.24) is 4.98 Å². The van der Waals surface area contributed by atoms with Gasteiger partial charge in [-0.15, -0.1) is 0 Å². The molecular weight excluding hydrogens is 410 g/mol. The molecule has 2 N–H and O–H groups in total. The van der Waals surface area contributed by atoms with Crippen LogP contribution in [0.1, 0.15) is 16.1 Å². The number of hydrogen-bond donors (Lipinski definition) is 2. The fraction of sp³-hybridized carbons (Fsp3) is 0.125. The Balaban J connectivity index is 1.56. The second-order valence-electron chi connectivity index (χ2n) is 6.96. The molecule has 0 saturated heterocycles. The number of carbonyl (C=O) groups excluding carboxylic acids is 2. The number of amides is 2. The first kappa shape index (κ1) is 20.9. The Morgan fingerprint density at radius 2 is 1.78 bits per heavy atom. The van der Waals surface area contributed by atoms with Gasteiger partial charge in [0.05, 0.1) is 12.8 Å². The van der Waals surface area contributed by atoms with Gasteiger partial charge in [0.1, 0.15) is 22.7 Å². The van der Waals surface area contributed by atoms with E-state index >= 15 is 0 Å². The van der Waals surface area contributed by atoms with E-state index in [9.17, 15) is 9.59 Å². The van der Waals surface area contributed by atoms with E-state index in [0.29, 0.717) is 28.3 Å². The van der Waals surface area contributed by atoms with Crippen molar-refractivity contribution in [3.05, 3.63) is 78.2 Å². The number of fused-ring (bicyclic) bond motifs is 1. The monoisotopic (exact) mass is 431 g/mol. The zero-order chi connectivity index (χ0) is 22.5. The van der Waals surface area contributed by atoms with Crippen LogP contribution in [0.3, 0.4) is 0 Å². The van der Waals surface area contributed by atoms with Gasteiger partial charge in [-0.05, 0) is 43.3 Å². The minimum absolute atomic E-state index is 0.0757. The first-order valence-corrected chi connectivity index (χ1v) is 9.86. The van der Waals surface area contributed by atoms with Crippen LogP contribution in [-0.4, -0.2) is 30.5 Å². The molecule has 4 rings (SSSR count). The molecule has 0 aliphatic carbocycles. The highest BCUT2D eigenvalue weighted by Crippen LogP contribution is 2.31. The zero-order valence-electron chi connectivity index (χ0n) is 17.5. The highest BCUT2D eigenvalue weighted by molar-refractivity contribution is 6.14. The molecule has 2 aromatic heterocycles. The maximum atomic E-state index is 13.0. The number of para-hydroxylation sites is 2. The van der Waals surface area contributed by atoms with E-state index in [1.807, 2.05) is 19.1 Å². The molecule has 4 aromatic rings. The number of rotatable bonds is 7. The molecule has 0 aliphatic rings. The summed E-state index contributed by atoms with van der Waals surface area (Å²) in [6.07, 6.45) is 1.55. The van der Waals surface area contributed by atoms with Crippen LogP contribution in [0.2, 0.25) is 0 Å². The lowest BCUT2D eigenvalue weighted by atomic mass is 10.2. The molecule has 0 atom stereocenters. The van der Waals surface area contributed by atoms with Crippen LogP contribution in [0.4, 0.5) is 11.4 Å². The third kappa shape index (κ3) is 4.54. The quantitative estimate of drug-likeness (QED) is 0.449. The molecule has 8 nitrogen and oxygen atoms in total. The molecule has 8 heteroatoms. The normalized spacial score (nSPS) is 10.6. The summed E-state index contributed by atoms with van der Waals surface area (Å²) in [5, 5.41) is 5.45. The van der Waals surface area contributed by atoms with Gasteiger partial charge in [-0.1, -0.05) is 29.8 Å². The second-order valence-corrected chi connectivity index (χ2v) is 6.96. The number of hydrogen-bond acceptors (Lipinski definition) is 6. The van der Waals surface area contributed by atoms with Crippen LogP contribution in [-0.2, 0) is 4.79 Å². The van der Waals surface area contributed by atoms with Crippen molar-refractivity contribution in [2.24, 2.45) is 0 Å². The fourth-order valence-corrected chi connectivity index (χ4v) is 3.09. The SMILES string of the molecule is COc1ccccc1NC(=O)c1oc2cccnc2c1NC(=O)COc1ccc(C)cc1. The number of nitrogens with zero attached hydrogens (tertiary/aromatic N) is 1. The zero-order valence-corrected chi connectivity index (χ0v) is 17.5.